The maximum Gasteiger partial charge on any atom is 0.345 e. The van der Waals surface area contributed by atoms with E-state index in [2.05, 4.69) is 29.2 Å². The van der Waals surface area contributed by atoms with Gasteiger partial charge >= 0.3 is 6.61 Å². The van der Waals surface area contributed by atoms with Crippen LogP contribution in [0.3, 0.4) is 0 Å². The highest BCUT2D eigenvalue weighted by atomic mass is 19.3. The summed E-state index contributed by atoms with van der Waals surface area (Å²) in [5.74, 6) is 0. The summed E-state index contributed by atoms with van der Waals surface area (Å²) in [5.41, 5.74) is 2.49. The zero-order valence-corrected chi connectivity index (χ0v) is 14.4. The van der Waals surface area contributed by atoms with E-state index >= 15 is 0 Å². The second-order valence-corrected chi connectivity index (χ2v) is 6.72. The summed E-state index contributed by atoms with van der Waals surface area (Å²) in [5, 5.41) is 0. The molecule has 0 amide bonds. The van der Waals surface area contributed by atoms with Crippen LogP contribution in [0.1, 0.15) is 36.8 Å². The predicted molar refractivity (Wildman–Crippen MR) is 95.3 cm³/mol. The van der Waals surface area contributed by atoms with E-state index in [1.807, 2.05) is 36.4 Å². The maximum atomic E-state index is 12.6. The Balaban J connectivity index is 1.72. The number of halogens is 2. The monoisotopic (exact) mass is 345 g/mol. The van der Waals surface area contributed by atoms with Gasteiger partial charge in [0.1, 0.15) is 0 Å². The smallest absolute Gasteiger partial charge is 0.320 e. The van der Waals surface area contributed by atoms with Crippen molar-refractivity contribution in [3.8, 4) is 0 Å². The van der Waals surface area contributed by atoms with Crippen molar-refractivity contribution >= 4 is 0 Å². The molecule has 1 aliphatic carbocycles. The molecule has 0 aromatic heterocycles. The van der Waals surface area contributed by atoms with Crippen molar-refractivity contribution in [2.24, 2.45) is 0 Å². The van der Waals surface area contributed by atoms with Crippen LogP contribution in [-0.4, -0.2) is 23.7 Å². The molecule has 3 rings (SSSR count). The van der Waals surface area contributed by atoms with Crippen molar-refractivity contribution < 1.29 is 13.5 Å². The van der Waals surface area contributed by atoms with Gasteiger partial charge in [0.25, 0.3) is 0 Å². The minimum absolute atomic E-state index is 0.262. The number of benzene rings is 2. The molecule has 134 valence electrons. The number of ether oxygens (including phenoxy) is 1. The molecule has 1 saturated carbocycles. The third-order valence-corrected chi connectivity index (χ3v) is 4.87. The van der Waals surface area contributed by atoms with E-state index in [0.29, 0.717) is 6.42 Å². The minimum atomic E-state index is -2.68. The number of nitrogens with zero attached hydrogens (tertiary/aromatic N) is 1. The lowest BCUT2D eigenvalue weighted by Gasteiger charge is -2.37. The van der Waals surface area contributed by atoms with Gasteiger partial charge in [0, 0.05) is 19.1 Å². The molecule has 1 fully saturated rings. The van der Waals surface area contributed by atoms with Crippen molar-refractivity contribution in [3.05, 3.63) is 71.8 Å². The fourth-order valence-electron chi connectivity index (χ4n) is 3.67. The average molecular weight is 345 g/mol. The lowest BCUT2D eigenvalue weighted by atomic mass is 9.91. The molecule has 2 unspecified atom stereocenters. The maximum absolute atomic E-state index is 12.6. The van der Waals surface area contributed by atoms with Crippen molar-refractivity contribution in [1.82, 2.24) is 4.90 Å². The summed E-state index contributed by atoms with van der Waals surface area (Å²) in [6.07, 6.45) is 3.02. The Bertz CT molecular complexity index is 579. The molecule has 25 heavy (non-hydrogen) atoms. The summed E-state index contributed by atoms with van der Waals surface area (Å²) < 4.78 is 30.0. The highest BCUT2D eigenvalue weighted by Crippen LogP contribution is 2.28. The molecule has 0 spiro atoms. The summed E-state index contributed by atoms with van der Waals surface area (Å²) in [4.78, 5) is 2.41. The summed E-state index contributed by atoms with van der Waals surface area (Å²) >= 11 is 0. The zero-order chi connectivity index (χ0) is 17.5. The molecule has 2 aromatic rings. The van der Waals surface area contributed by atoms with E-state index in [-0.39, 0.29) is 12.1 Å². The first kappa shape index (κ1) is 18.0. The SMILES string of the molecule is FC(F)OC1CCCC(N(Cc2ccccc2)Cc2ccccc2)C1. The first-order valence-corrected chi connectivity index (χ1v) is 8.96. The Morgan fingerprint density at radius 2 is 1.44 bits per heavy atom. The molecule has 4 heteroatoms. The summed E-state index contributed by atoms with van der Waals surface area (Å²) in [6.45, 7) is -1.04. The van der Waals surface area contributed by atoms with E-state index in [4.69, 9.17) is 4.74 Å². The third-order valence-electron chi connectivity index (χ3n) is 4.87. The van der Waals surface area contributed by atoms with Gasteiger partial charge in [-0.05, 0) is 36.8 Å². The third kappa shape index (κ3) is 5.62. The molecular weight excluding hydrogens is 320 g/mol. The predicted octanol–water partition coefficient (Wildman–Crippen LogP) is 5.24. The highest BCUT2D eigenvalue weighted by Gasteiger charge is 2.29. The van der Waals surface area contributed by atoms with Gasteiger partial charge in [-0.3, -0.25) is 4.90 Å². The second kappa shape index (κ2) is 9.07. The van der Waals surface area contributed by atoms with Crippen LogP contribution in [0.5, 0.6) is 0 Å². The fourth-order valence-corrected chi connectivity index (χ4v) is 3.67. The van der Waals surface area contributed by atoms with Crippen LogP contribution in [0.2, 0.25) is 0 Å². The number of hydrogen-bond acceptors (Lipinski definition) is 2. The average Bonchev–Trinajstić information content (AvgIpc) is 2.63. The Morgan fingerprint density at radius 1 is 0.880 bits per heavy atom. The molecule has 0 saturated heterocycles. The lowest BCUT2D eigenvalue weighted by molar-refractivity contribution is -0.174. The van der Waals surface area contributed by atoms with Gasteiger partial charge in [-0.2, -0.15) is 8.78 Å². The minimum Gasteiger partial charge on any atom is -0.320 e. The fraction of sp³-hybridized carbons (Fsp3) is 0.429. The second-order valence-electron chi connectivity index (χ2n) is 6.72. The highest BCUT2D eigenvalue weighted by molar-refractivity contribution is 5.17. The first-order valence-electron chi connectivity index (χ1n) is 8.96. The van der Waals surface area contributed by atoms with Gasteiger partial charge < -0.3 is 4.74 Å². The molecule has 0 heterocycles. The molecule has 0 aliphatic heterocycles. The Hall–Kier alpha value is -1.78. The topological polar surface area (TPSA) is 12.5 Å². The summed E-state index contributed by atoms with van der Waals surface area (Å²) in [7, 11) is 0. The molecule has 1 aliphatic rings. The van der Waals surface area contributed by atoms with Crippen LogP contribution in [0, 0.1) is 0 Å². The Labute approximate surface area is 148 Å². The van der Waals surface area contributed by atoms with Crippen molar-refractivity contribution in [2.45, 2.75) is 57.5 Å². The van der Waals surface area contributed by atoms with E-state index in [1.165, 1.54) is 11.1 Å². The van der Waals surface area contributed by atoms with Crippen LogP contribution < -0.4 is 0 Å². The van der Waals surface area contributed by atoms with Gasteiger partial charge in [0.15, 0.2) is 0 Å². The largest absolute Gasteiger partial charge is 0.345 e. The van der Waals surface area contributed by atoms with Crippen LogP contribution in [0.4, 0.5) is 8.78 Å². The molecule has 2 atom stereocenters. The van der Waals surface area contributed by atoms with Crippen LogP contribution in [0.25, 0.3) is 0 Å². The van der Waals surface area contributed by atoms with Crippen LogP contribution in [0.15, 0.2) is 60.7 Å². The molecular formula is C21H25F2NO. The molecule has 2 nitrogen and oxygen atoms in total. The van der Waals surface area contributed by atoms with Crippen LogP contribution in [-0.2, 0) is 17.8 Å². The van der Waals surface area contributed by atoms with Gasteiger partial charge in [-0.25, -0.2) is 0 Å². The van der Waals surface area contributed by atoms with Gasteiger partial charge in [-0.1, -0.05) is 60.7 Å². The Kier molecular flexibility index (Phi) is 6.54. The van der Waals surface area contributed by atoms with Gasteiger partial charge in [0.2, 0.25) is 0 Å². The lowest BCUT2D eigenvalue weighted by Crippen LogP contribution is -2.40. The molecule has 2 aromatic carbocycles. The van der Waals surface area contributed by atoms with E-state index in [9.17, 15) is 8.78 Å². The number of alkyl halides is 2. The first-order chi connectivity index (χ1) is 12.2. The van der Waals surface area contributed by atoms with E-state index < -0.39 is 6.61 Å². The molecule has 0 radical (unpaired) electrons. The normalized spacial score (nSPS) is 21.0. The number of hydrogen-bond donors (Lipinski definition) is 0. The van der Waals surface area contributed by atoms with Gasteiger partial charge in [-0.15, -0.1) is 0 Å². The van der Waals surface area contributed by atoms with Crippen molar-refractivity contribution in [1.29, 1.82) is 0 Å². The Morgan fingerprint density at radius 3 is 1.96 bits per heavy atom. The van der Waals surface area contributed by atoms with Crippen molar-refractivity contribution in [2.75, 3.05) is 0 Å². The molecule has 0 bridgehead atoms. The zero-order valence-electron chi connectivity index (χ0n) is 14.4. The van der Waals surface area contributed by atoms with Crippen LogP contribution >= 0.6 is 0 Å². The van der Waals surface area contributed by atoms with E-state index in [0.717, 1.165) is 32.4 Å². The molecule has 0 N–H and O–H groups in total. The standard InChI is InChI=1S/C21H25F2NO/c22-21(23)25-20-13-7-12-19(14-20)24(15-17-8-3-1-4-9-17)16-18-10-5-2-6-11-18/h1-6,8-11,19-21H,7,12-16H2. The number of rotatable bonds is 7. The quantitative estimate of drug-likeness (QED) is 0.680. The van der Waals surface area contributed by atoms with E-state index in [1.54, 1.807) is 0 Å². The summed E-state index contributed by atoms with van der Waals surface area (Å²) in [6, 6.07) is 20.9. The van der Waals surface area contributed by atoms with Crippen molar-refractivity contribution in [3.63, 3.8) is 0 Å². The van der Waals surface area contributed by atoms with Gasteiger partial charge in [0.05, 0.1) is 6.10 Å².